The number of hydrogen-bond acceptors (Lipinski definition) is 4. The van der Waals surface area contributed by atoms with Gasteiger partial charge in [-0.1, -0.05) is 18.5 Å². The van der Waals surface area contributed by atoms with E-state index in [-0.39, 0.29) is 6.61 Å². The number of anilines is 1. The second-order valence-corrected chi connectivity index (χ2v) is 4.79. The van der Waals surface area contributed by atoms with Crippen molar-refractivity contribution in [3.63, 3.8) is 0 Å². The first-order valence-electron chi connectivity index (χ1n) is 6.11. The first-order chi connectivity index (χ1) is 8.26. The second kappa shape index (κ2) is 5.65. The largest absolute Gasteiger partial charge is 0.396 e. The molecule has 4 nitrogen and oxygen atoms in total. The monoisotopic (exact) mass is 255 g/mol. The molecule has 0 aromatic carbocycles. The van der Waals surface area contributed by atoms with Crippen molar-refractivity contribution in [2.24, 2.45) is 5.92 Å². The molecule has 0 saturated carbocycles. The maximum Gasteiger partial charge on any atom is 0.137 e. The fourth-order valence-corrected chi connectivity index (χ4v) is 2.66. The molecule has 17 heavy (non-hydrogen) atoms. The van der Waals surface area contributed by atoms with E-state index in [1.807, 2.05) is 0 Å². The number of aliphatic hydroxyl groups is 1. The van der Waals surface area contributed by atoms with Gasteiger partial charge < -0.3 is 10.0 Å². The minimum atomic E-state index is 0.268. The van der Waals surface area contributed by atoms with Gasteiger partial charge in [-0.2, -0.15) is 0 Å². The Kier molecular flexibility index (Phi) is 4.18. The molecule has 1 atom stereocenters. The number of rotatable bonds is 4. The molecule has 1 N–H and O–H groups in total. The van der Waals surface area contributed by atoms with Crippen LogP contribution in [0.15, 0.2) is 6.33 Å². The van der Waals surface area contributed by atoms with Crippen LogP contribution in [0.2, 0.25) is 5.15 Å². The summed E-state index contributed by atoms with van der Waals surface area (Å²) in [6.07, 6.45) is 4.36. The molecule has 1 aromatic heterocycles. The van der Waals surface area contributed by atoms with E-state index in [0.29, 0.717) is 11.1 Å². The van der Waals surface area contributed by atoms with Gasteiger partial charge in [0.1, 0.15) is 17.3 Å². The van der Waals surface area contributed by atoms with Crippen molar-refractivity contribution >= 4 is 17.4 Å². The predicted molar refractivity (Wildman–Crippen MR) is 68.4 cm³/mol. The number of aromatic nitrogens is 2. The van der Waals surface area contributed by atoms with Crippen LogP contribution >= 0.6 is 11.6 Å². The summed E-state index contributed by atoms with van der Waals surface area (Å²) in [6.45, 7) is 4.28. The molecule has 1 fully saturated rings. The van der Waals surface area contributed by atoms with Crippen molar-refractivity contribution in [1.82, 2.24) is 9.97 Å². The highest BCUT2D eigenvalue weighted by molar-refractivity contribution is 6.30. The number of aliphatic hydroxyl groups excluding tert-OH is 1. The van der Waals surface area contributed by atoms with Gasteiger partial charge in [-0.3, -0.25) is 0 Å². The lowest BCUT2D eigenvalue weighted by atomic mass is 10.1. The fourth-order valence-electron chi connectivity index (χ4n) is 2.40. The summed E-state index contributed by atoms with van der Waals surface area (Å²) < 4.78 is 0. The summed E-state index contributed by atoms with van der Waals surface area (Å²) in [5.74, 6) is 1.53. The Balaban J connectivity index is 2.15. The molecule has 1 aromatic rings. The molecule has 0 aliphatic carbocycles. The van der Waals surface area contributed by atoms with E-state index in [9.17, 15) is 0 Å². The summed E-state index contributed by atoms with van der Waals surface area (Å²) >= 11 is 6.09. The normalized spacial score (nSPS) is 19.9. The molecule has 0 radical (unpaired) electrons. The van der Waals surface area contributed by atoms with Gasteiger partial charge in [-0.15, -0.1) is 0 Å². The van der Waals surface area contributed by atoms with Gasteiger partial charge >= 0.3 is 0 Å². The maximum atomic E-state index is 8.96. The molecule has 1 unspecified atom stereocenters. The molecule has 1 aliphatic rings. The van der Waals surface area contributed by atoms with Gasteiger partial charge in [-0.25, -0.2) is 9.97 Å². The average molecular weight is 256 g/mol. The molecule has 0 amide bonds. The number of halogens is 1. The van der Waals surface area contributed by atoms with Crippen molar-refractivity contribution in [2.75, 3.05) is 24.6 Å². The van der Waals surface area contributed by atoms with E-state index in [4.69, 9.17) is 16.7 Å². The minimum Gasteiger partial charge on any atom is -0.396 e. The highest BCUT2D eigenvalue weighted by atomic mass is 35.5. The van der Waals surface area contributed by atoms with Gasteiger partial charge in [0.2, 0.25) is 0 Å². The smallest absolute Gasteiger partial charge is 0.137 e. The van der Waals surface area contributed by atoms with Crippen LogP contribution in [0.4, 0.5) is 5.82 Å². The van der Waals surface area contributed by atoms with E-state index in [2.05, 4.69) is 21.8 Å². The van der Waals surface area contributed by atoms with E-state index in [1.54, 1.807) is 0 Å². The van der Waals surface area contributed by atoms with Gasteiger partial charge in [0.05, 0.1) is 0 Å². The Hall–Kier alpha value is -0.870. The lowest BCUT2D eigenvalue weighted by Crippen LogP contribution is -2.22. The van der Waals surface area contributed by atoms with E-state index >= 15 is 0 Å². The summed E-state index contributed by atoms with van der Waals surface area (Å²) in [4.78, 5) is 10.6. The van der Waals surface area contributed by atoms with Crippen LogP contribution in [0.1, 0.15) is 25.3 Å². The molecular formula is C12H18ClN3O. The Morgan fingerprint density at radius 3 is 3.06 bits per heavy atom. The highest BCUT2D eigenvalue weighted by Crippen LogP contribution is 2.29. The first-order valence-corrected chi connectivity index (χ1v) is 6.49. The van der Waals surface area contributed by atoms with E-state index < -0.39 is 0 Å². The standard InChI is InChI=1S/C12H18ClN3O/c1-2-10-11(13)14-8-15-12(10)16-5-3-9(7-16)4-6-17/h8-9,17H,2-7H2,1H3. The van der Waals surface area contributed by atoms with Crippen LogP contribution < -0.4 is 4.90 Å². The van der Waals surface area contributed by atoms with Gasteiger partial charge in [0.15, 0.2) is 0 Å². The maximum absolute atomic E-state index is 8.96. The van der Waals surface area contributed by atoms with Crippen LogP contribution in [-0.2, 0) is 6.42 Å². The topological polar surface area (TPSA) is 49.2 Å². The summed E-state index contributed by atoms with van der Waals surface area (Å²) in [7, 11) is 0. The third-order valence-electron chi connectivity index (χ3n) is 3.35. The van der Waals surface area contributed by atoms with Crippen molar-refractivity contribution in [1.29, 1.82) is 0 Å². The Bertz CT molecular complexity index is 386. The molecule has 0 spiro atoms. The average Bonchev–Trinajstić information content (AvgIpc) is 2.78. The van der Waals surface area contributed by atoms with Gasteiger partial charge in [0.25, 0.3) is 0 Å². The zero-order valence-corrected chi connectivity index (χ0v) is 10.8. The number of nitrogens with zero attached hydrogens (tertiary/aromatic N) is 3. The molecule has 2 heterocycles. The van der Waals surface area contributed by atoms with Crippen LogP contribution in [0, 0.1) is 5.92 Å². The van der Waals surface area contributed by atoms with Crippen molar-refractivity contribution in [3.05, 3.63) is 17.0 Å². The zero-order chi connectivity index (χ0) is 12.3. The van der Waals surface area contributed by atoms with Crippen molar-refractivity contribution in [2.45, 2.75) is 26.2 Å². The molecule has 1 saturated heterocycles. The number of hydrogen-bond donors (Lipinski definition) is 1. The molecule has 94 valence electrons. The predicted octanol–water partition coefficient (Wildman–Crippen LogP) is 1.90. The Morgan fingerprint density at radius 2 is 2.35 bits per heavy atom. The van der Waals surface area contributed by atoms with Crippen LogP contribution in [0.3, 0.4) is 0 Å². The molecule has 0 bridgehead atoms. The summed E-state index contributed by atoms with van der Waals surface area (Å²) in [6, 6.07) is 0. The molecule has 2 rings (SSSR count). The molecule has 5 heteroatoms. The minimum absolute atomic E-state index is 0.268. The Morgan fingerprint density at radius 1 is 1.53 bits per heavy atom. The third-order valence-corrected chi connectivity index (χ3v) is 3.67. The van der Waals surface area contributed by atoms with Gasteiger partial charge in [0, 0.05) is 25.3 Å². The van der Waals surface area contributed by atoms with Gasteiger partial charge in [-0.05, 0) is 25.2 Å². The van der Waals surface area contributed by atoms with Crippen molar-refractivity contribution in [3.8, 4) is 0 Å². The highest BCUT2D eigenvalue weighted by Gasteiger charge is 2.25. The van der Waals surface area contributed by atoms with Crippen LogP contribution in [-0.4, -0.2) is 34.8 Å². The second-order valence-electron chi connectivity index (χ2n) is 4.43. The van der Waals surface area contributed by atoms with Crippen LogP contribution in [0.25, 0.3) is 0 Å². The first kappa shape index (κ1) is 12.6. The summed E-state index contributed by atoms with van der Waals surface area (Å²) in [5, 5.41) is 9.52. The third kappa shape index (κ3) is 2.69. The molecule has 1 aliphatic heterocycles. The lowest BCUT2D eigenvalue weighted by Gasteiger charge is -2.20. The van der Waals surface area contributed by atoms with E-state index in [1.165, 1.54) is 6.33 Å². The molecular weight excluding hydrogens is 238 g/mol. The van der Waals surface area contributed by atoms with Crippen LogP contribution in [0.5, 0.6) is 0 Å². The van der Waals surface area contributed by atoms with E-state index in [0.717, 1.165) is 43.7 Å². The quantitative estimate of drug-likeness (QED) is 0.835. The summed E-state index contributed by atoms with van der Waals surface area (Å²) in [5.41, 5.74) is 1.03. The fraction of sp³-hybridized carbons (Fsp3) is 0.667. The zero-order valence-electron chi connectivity index (χ0n) is 10.1. The Labute approximate surface area is 107 Å². The lowest BCUT2D eigenvalue weighted by molar-refractivity contribution is 0.263. The SMILES string of the molecule is CCc1c(Cl)ncnc1N1CCC(CCO)C1. The van der Waals surface area contributed by atoms with Crippen molar-refractivity contribution < 1.29 is 5.11 Å².